The van der Waals surface area contributed by atoms with Gasteiger partial charge >= 0.3 is 0 Å². The lowest BCUT2D eigenvalue weighted by molar-refractivity contribution is 0.0829. The molecular weight excluding hydrogens is 329 g/mol. The number of likely N-dealkylation sites (tertiary alicyclic amines) is 1. The number of benzene rings is 2. The fraction of sp³-hybridized carbons (Fsp3) is 0.318. The van der Waals surface area contributed by atoms with Crippen LogP contribution in [0.4, 0.5) is 4.39 Å². The van der Waals surface area contributed by atoms with Crippen molar-refractivity contribution in [2.45, 2.75) is 12.8 Å². The van der Waals surface area contributed by atoms with Crippen LogP contribution >= 0.6 is 0 Å². The van der Waals surface area contributed by atoms with Crippen LogP contribution in [0, 0.1) is 23.6 Å². The molecule has 4 heteroatoms. The molecular formula is C22H22FNO2. The van der Waals surface area contributed by atoms with Crippen molar-refractivity contribution in [1.29, 1.82) is 0 Å². The Bertz CT molecular complexity index is 823. The Morgan fingerprint density at radius 1 is 1.27 bits per heavy atom. The summed E-state index contributed by atoms with van der Waals surface area (Å²) in [6.45, 7) is 2.19. The summed E-state index contributed by atoms with van der Waals surface area (Å²) in [6.07, 6.45) is 1.74. The van der Waals surface area contributed by atoms with Crippen LogP contribution in [0.2, 0.25) is 0 Å². The van der Waals surface area contributed by atoms with Crippen LogP contribution in [0.5, 0.6) is 5.75 Å². The van der Waals surface area contributed by atoms with Gasteiger partial charge in [0.2, 0.25) is 0 Å². The minimum atomic E-state index is -0.421. The van der Waals surface area contributed by atoms with Crippen LogP contribution in [-0.4, -0.2) is 37.4 Å². The standard InChI is InChI=1S/C22H22FNO2/c1-26-21-12-11-19(23)15-20(21)22(25)18-10-6-14-24(16-18)13-5-9-17-7-3-2-4-8-17/h2-4,7-8,11-12,15,18H,6,10,13-14,16H2,1H3/t18-/m0/s1. The molecule has 0 amide bonds. The molecule has 1 saturated heterocycles. The molecule has 0 aromatic heterocycles. The molecule has 134 valence electrons. The van der Waals surface area contributed by atoms with E-state index in [1.54, 1.807) is 0 Å². The average molecular weight is 351 g/mol. The topological polar surface area (TPSA) is 29.5 Å². The third kappa shape index (κ3) is 4.50. The Balaban J connectivity index is 1.66. The van der Waals surface area contributed by atoms with E-state index in [-0.39, 0.29) is 11.7 Å². The molecule has 0 bridgehead atoms. The normalized spacial score (nSPS) is 17.2. The van der Waals surface area contributed by atoms with Gasteiger partial charge in [0.05, 0.1) is 19.2 Å². The Labute approximate surface area is 153 Å². The number of rotatable bonds is 4. The van der Waals surface area contributed by atoms with Crippen LogP contribution in [0.15, 0.2) is 48.5 Å². The van der Waals surface area contributed by atoms with Gasteiger partial charge in [-0.1, -0.05) is 30.0 Å². The number of hydrogen-bond acceptors (Lipinski definition) is 3. The predicted octanol–water partition coefficient (Wildman–Crippen LogP) is 3.78. The molecule has 0 spiro atoms. The highest BCUT2D eigenvalue weighted by molar-refractivity contribution is 6.00. The number of halogens is 1. The second-order valence-electron chi connectivity index (χ2n) is 6.45. The summed E-state index contributed by atoms with van der Waals surface area (Å²) in [7, 11) is 1.50. The third-order valence-corrected chi connectivity index (χ3v) is 4.61. The highest BCUT2D eigenvalue weighted by Crippen LogP contribution is 2.26. The van der Waals surface area contributed by atoms with E-state index < -0.39 is 5.82 Å². The van der Waals surface area contributed by atoms with E-state index in [1.165, 1.54) is 25.3 Å². The summed E-state index contributed by atoms with van der Waals surface area (Å²) in [6, 6.07) is 13.9. The van der Waals surface area contributed by atoms with E-state index in [1.807, 2.05) is 30.3 Å². The van der Waals surface area contributed by atoms with Gasteiger partial charge in [-0.3, -0.25) is 9.69 Å². The van der Waals surface area contributed by atoms with E-state index >= 15 is 0 Å². The third-order valence-electron chi connectivity index (χ3n) is 4.61. The van der Waals surface area contributed by atoms with Crippen molar-refractivity contribution in [3.05, 3.63) is 65.5 Å². The minimum absolute atomic E-state index is 0.0536. The first kappa shape index (κ1) is 18.2. The highest BCUT2D eigenvalue weighted by Gasteiger charge is 2.28. The van der Waals surface area contributed by atoms with Gasteiger partial charge in [-0.25, -0.2) is 4.39 Å². The van der Waals surface area contributed by atoms with Gasteiger partial charge in [-0.2, -0.15) is 0 Å². The monoisotopic (exact) mass is 351 g/mol. The number of carbonyl (C=O) groups excluding carboxylic acids is 1. The zero-order chi connectivity index (χ0) is 18.4. The van der Waals surface area contributed by atoms with Gasteiger partial charge in [0.1, 0.15) is 11.6 Å². The first-order valence-electron chi connectivity index (χ1n) is 8.81. The predicted molar refractivity (Wildman–Crippen MR) is 99.8 cm³/mol. The maximum Gasteiger partial charge on any atom is 0.171 e. The maximum atomic E-state index is 13.6. The number of ketones is 1. The highest BCUT2D eigenvalue weighted by atomic mass is 19.1. The number of Topliss-reactive ketones (excluding diaryl/α,β-unsaturated/α-hetero) is 1. The fourth-order valence-corrected chi connectivity index (χ4v) is 3.28. The summed E-state index contributed by atoms with van der Waals surface area (Å²) >= 11 is 0. The molecule has 0 radical (unpaired) electrons. The molecule has 2 aromatic rings. The van der Waals surface area contributed by atoms with Crippen LogP contribution in [-0.2, 0) is 0 Å². The lowest BCUT2D eigenvalue weighted by Gasteiger charge is -2.30. The molecule has 0 unspecified atom stereocenters. The van der Waals surface area contributed by atoms with Crippen LogP contribution < -0.4 is 4.74 Å². The summed E-state index contributed by atoms with van der Waals surface area (Å²) in [5.74, 6) is 6.13. The lowest BCUT2D eigenvalue weighted by Crippen LogP contribution is -2.39. The van der Waals surface area contributed by atoms with Crippen molar-refractivity contribution >= 4 is 5.78 Å². The molecule has 1 atom stereocenters. The SMILES string of the molecule is COc1ccc(F)cc1C(=O)[C@H]1CCCN(CC#Cc2ccccc2)C1. The van der Waals surface area contributed by atoms with Crippen molar-refractivity contribution < 1.29 is 13.9 Å². The number of carbonyl (C=O) groups is 1. The molecule has 1 heterocycles. The Morgan fingerprint density at radius 2 is 2.08 bits per heavy atom. The maximum absolute atomic E-state index is 13.6. The van der Waals surface area contributed by atoms with E-state index in [0.29, 0.717) is 24.4 Å². The second kappa shape index (κ2) is 8.64. The number of piperidine rings is 1. The Morgan fingerprint density at radius 3 is 2.85 bits per heavy atom. The van der Waals surface area contributed by atoms with E-state index in [4.69, 9.17) is 4.74 Å². The van der Waals surface area contributed by atoms with E-state index in [2.05, 4.69) is 16.7 Å². The zero-order valence-corrected chi connectivity index (χ0v) is 14.9. The quantitative estimate of drug-likeness (QED) is 0.620. The molecule has 0 saturated carbocycles. The molecule has 2 aromatic carbocycles. The summed E-state index contributed by atoms with van der Waals surface area (Å²) in [4.78, 5) is 15.1. The first-order chi connectivity index (χ1) is 12.7. The van der Waals surface area contributed by atoms with Crippen LogP contribution in [0.1, 0.15) is 28.8 Å². The number of ether oxygens (including phenoxy) is 1. The number of hydrogen-bond donors (Lipinski definition) is 0. The largest absolute Gasteiger partial charge is 0.496 e. The molecule has 1 aliphatic rings. The van der Waals surface area contributed by atoms with Crippen molar-refractivity contribution in [2.75, 3.05) is 26.7 Å². The molecule has 3 nitrogen and oxygen atoms in total. The van der Waals surface area contributed by atoms with Gasteiger partial charge in [0.25, 0.3) is 0 Å². The molecule has 3 rings (SSSR count). The molecule has 0 N–H and O–H groups in total. The van der Waals surface area contributed by atoms with Crippen molar-refractivity contribution in [1.82, 2.24) is 4.90 Å². The Hall–Kier alpha value is -2.64. The molecule has 0 aliphatic carbocycles. The minimum Gasteiger partial charge on any atom is -0.496 e. The van der Waals surface area contributed by atoms with Gasteiger partial charge in [0, 0.05) is 18.0 Å². The van der Waals surface area contributed by atoms with Crippen molar-refractivity contribution in [3.63, 3.8) is 0 Å². The second-order valence-corrected chi connectivity index (χ2v) is 6.45. The van der Waals surface area contributed by atoms with E-state index in [9.17, 15) is 9.18 Å². The number of methoxy groups -OCH3 is 1. The Kier molecular flexibility index (Phi) is 6.04. The van der Waals surface area contributed by atoms with Crippen molar-refractivity contribution in [3.8, 4) is 17.6 Å². The van der Waals surface area contributed by atoms with Gasteiger partial charge in [-0.15, -0.1) is 0 Å². The first-order valence-corrected chi connectivity index (χ1v) is 8.81. The smallest absolute Gasteiger partial charge is 0.171 e. The van der Waals surface area contributed by atoms with Gasteiger partial charge < -0.3 is 4.74 Å². The van der Waals surface area contributed by atoms with E-state index in [0.717, 1.165) is 24.9 Å². The average Bonchev–Trinajstić information content (AvgIpc) is 2.68. The summed E-state index contributed by atoms with van der Waals surface area (Å²) in [5.41, 5.74) is 1.32. The fourth-order valence-electron chi connectivity index (χ4n) is 3.28. The van der Waals surface area contributed by atoms with Crippen molar-refractivity contribution in [2.24, 2.45) is 5.92 Å². The van der Waals surface area contributed by atoms with Crippen LogP contribution in [0.3, 0.4) is 0 Å². The molecule has 26 heavy (non-hydrogen) atoms. The summed E-state index contributed by atoms with van der Waals surface area (Å²) < 4.78 is 18.8. The molecule has 1 fully saturated rings. The zero-order valence-electron chi connectivity index (χ0n) is 14.9. The molecule has 1 aliphatic heterocycles. The number of nitrogens with zero attached hydrogens (tertiary/aromatic N) is 1. The van der Waals surface area contributed by atoms with Gasteiger partial charge in [-0.05, 0) is 49.7 Å². The lowest BCUT2D eigenvalue weighted by atomic mass is 9.89. The van der Waals surface area contributed by atoms with Crippen LogP contribution in [0.25, 0.3) is 0 Å². The van der Waals surface area contributed by atoms with Gasteiger partial charge in [0.15, 0.2) is 5.78 Å². The summed E-state index contributed by atoms with van der Waals surface area (Å²) in [5, 5.41) is 0.